The Morgan fingerprint density at radius 2 is 2.11 bits per heavy atom. The zero-order chi connectivity index (χ0) is 13.3. The van der Waals surface area contributed by atoms with Crippen LogP contribution in [-0.4, -0.2) is 26.7 Å². The number of hydrogen-bond acceptors (Lipinski definition) is 4. The fourth-order valence-electron chi connectivity index (χ4n) is 1.50. The molecule has 0 saturated heterocycles. The van der Waals surface area contributed by atoms with E-state index in [1.54, 1.807) is 6.20 Å². The van der Waals surface area contributed by atoms with Crippen molar-refractivity contribution in [3.8, 4) is 0 Å². The molecule has 1 unspecified atom stereocenters. The number of nitrogens with one attached hydrogen (secondary N) is 2. The maximum atomic E-state index is 5.88. The highest BCUT2D eigenvalue weighted by Crippen LogP contribution is 2.26. The van der Waals surface area contributed by atoms with E-state index in [0.29, 0.717) is 11.6 Å². The van der Waals surface area contributed by atoms with Crippen molar-refractivity contribution < 1.29 is 0 Å². The van der Waals surface area contributed by atoms with Gasteiger partial charge in [-0.3, -0.25) is 5.10 Å². The predicted molar refractivity (Wildman–Crippen MR) is 73.8 cm³/mol. The molecule has 1 atom stereocenters. The zero-order valence-corrected chi connectivity index (χ0v) is 11.8. The first-order valence-electron chi connectivity index (χ1n) is 5.98. The van der Waals surface area contributed by atoms with Gasteiger partial charge in [-0.2, -0.15) is 15.1 Å². The monoisotopic (exact) mass is 267 g/mol. The van der Waals surface area contributed by atoms with Crippen molar-refractivity contribution >= 4 is 28.5 Å². The summed E-state index contributed by atoms with van der Waals surface area (Å²) in [7, 11) is 0. The molecular weight excluding hydrogens is 250 g/mol. The molecule has 2 heterocycles. The van der Waals surface area contributed by atoms with Crippen molar-refractivity contribution in [3.63, 3.8) is 0 Å². The van der Waals surface area contributed by atoms with Gasteiger partial charge in [0.2, 0.25) is 5.28 Å². The summed E-state index contributed by atoms with van der Waals surface area (Å²) in [6.45, 7) is 9.71. The standard InChI is InChI=1S/C12H18ClN5/c1-7(12(2,3)4)5-14-9-8-6-15-18-10(8)17-11(13)16-9/h6-7H,5H2,1-4H3,(H2,14,15,16,17,18). The summed E-state index contributed by atoms with van der Waals surface area (Å²) >= 11 is 5.88. The van der Waals surface area contributed by atoms with Gasteiger partial charge >= 0.3 is 0 Å². The second-order valence-electron chi connectivity index (χ2n) is 5.62. The average molecular weight is 268 g/mol. The highest BCUT2D eigenvalue weighted by Gasteiger charge is 2.20. The van der Waals surface area contributed by atoms with Gasteiger partial charge in [-0.1, -0.05) is 27.7 Å². The molecule has 0 aromatic carbocycles. The molecular formula is C12H18ClN5. The largest absolute Gasteiger partial charge is 0.369 e. The molecule has 2 aromatic heterocycles. The van der Waals surface area contributed by atoms with Crippen molar-refractivity contribution in [1.82, 2.24) is 20.2 Å². The molecule has 0 radical (unpaired) electrons. The van der Waals surface area contributed by atoms with Gasteiger partial charge in [0.15, 0.2) is 5.65 Å². The lowest BCUT2D eigenvalue weighted by Gasteiger charge is -2.27. The minimum absolute atomic E-state index is 0.220. The Bertz CT molecular complexity index is 543. The molecule has 5 nitrogen and oxygen atoms in total. The SMILES string of the molecule is CC(CNc1nc(Cl)nc2[nH]ncc12)C(C)(C)C. The number of anilines is 1. The van der Waals surface area contributed by atoms with E-state index in [0.717, 1.165) is 17.7 Å². The van der Waals surface area contributed by atoms with Crippen molar-refractivity contribution in [2.24, 2.45) is 11.3 Å². The van der Waals surface area contributed by atoms with Crippen LogP contribution in [0.15, 0.2) is 6.20 Å². The third kappa shape index (κ3) is 2.72. The predicted octanol–water partition coefficient (Wildman–Crippen LogP) is 3.10. The lowest BCUT2D eigenvalue weighted by Crippen LogP contribution is -2.25. The minimum atomic E-state index is 0.220. The van der Waals surface area contributed by atoms with Crippen LogP contribution in [0.4, 0.5) is 5.82 Å². The van der Waals surface area contributed by atoms with Gasteiger partial charge in [0, 0.05) is 6.54 Å². The van der Waals surface area contributed by atoms with E-state index in [-0.39, 0.29) is 10.7 Å². The van der Waals surface area contributed by atoms with Gasteiger partial charge in [0.05, 0.1) is 11.6 Å². The molecule has 2 rings (SSSR count). The van der Waals surface area contributed by atoms with Crippen molar-refractivity contribution in [1.29, 1.82) is 0 Å². The number of halogens is 1. The van der Waals surface area contributed by atoms with E-state index < -0.39 is 0 Å². The summed E-state index contributed by atoms with van der Waals surface area (Å²) in [5, 5.41) is 11.2. The van der Waals surface area contributed by atoms with E-state index in [1.807, 2.05) is 0 Å². The van der Waals surface area contributed by atoms with Crippen LogP contribution in [0.3, 0.4) is 0 Å². The second-order valence-corrected chi connectivity index (χ2v) is 5.96. The minimum Gasteiger partial charge on any atom is -0.369 e. The molecule has 0 bridgehead atoms. The van der Waals surface area contributed by atoms with Gasteiger partial charge in [-0.15, -0.1) is 0 Å². The van der Waals surface area contributed by atoms with Crippen LogP contribution in [0.1, 0.15) is 27.7 Å². The van der Waals surface area contributed by atoms with Crippen LogP contribution in [0, 0.1) is 11.3 Å². The molecule has 0 aliphatic heterocycles. The first-order valence-corrected chi connectivity index (χ1v) is 6.36. The van der Waals surface area contributed by atoms with Crippen LogP contribution in [-0.2, 0) is 0 Å². The Labute approximate surface area is 111 Å². The maximum absolute atomic E-state index is 5.88. The Morgan fingerprint density at radius 3 is 2.78 bits per heavy atom. The quantitative estimate of drug-likeness (QED) is 0.839. The van der Waals surface area contributed by atoms with Crippen LogP contribution in [0.2, 0.25) is 5.28 Å². The highest BCUT2D eigenvalue weighted by atomic mass is 35.5. The van der Waals surface area contributed by atoms with Gasteiger partial charge < -0.3 is 5.32 Å². The maximum Gasteiger partial charge on any atom is 0.226 e. The highest BCUT2D eigenvalue weighted by molar-refractivity contribution is 6.28. The molecule has 0 spiro atoms. The summed E-state index contributed by atoms with van der Waals surface area (Å²) in [6, 6.07) is 0. The van der Waals surface area contributed by atoms with Gasteiger partial charge in [-0.25, -0.2) is 0 Å². The smallest absolute Gasteiger partial charge is 0.226 e. The second kappa shape index (κ2) is 4.72. The number of nitrogens with zero attached hydrogens (tertiary/aromatic N) is 3. The topological polar surface area (TPSA) is 66.5 Å². The summed E-state index contributed by atoms with van der Waals surface area (Å²) < 4.78 is 0. The lowest BCUT2D eigenvalue weighted by molar-refractivity contribution is 0.274. The summed E-state index contributed by atoms with van der Waals surface area (Å²) in [4.78, 5) is 8.28. The van der Waals surface area contributed by atoms with Crippen LogP contribution in [0.25, 0.3) is 11.0 Å². The molecule has 98 valence electrons. The molecule has 2 aromatic rings. The molecule has 0 aliphatic rings. The van der Waals surface area contributed by atoms with Crippen molar-refractivity contribution in [2.45, 2.75) is 27.7 Å². The molecule has 6 heteroatoms. The van der Waals surface area contributed by atoms with E-state index in [4.69, 9.17) is 11.6 Å². The van der Waals surface area contributed by atoms with E-state index in [1.165, 1.54) is 0 Å². The first kappa shape index (κ1) is 13.1. The number of fused-ring (bicyclic) bond motifs is 1. The zero-order valence-electron chi connectivity index (χ0n) is 11.1. The fourth-order valence-corrected chi connectivity index (χ4v) is 1.67. The number of rotatable bonds is 3. The summed E-state index contributed by atoms with van der Waals surface area (Å²) in [5.74, 6) is 1.24. The molecule has 18 heavy (non-hydrogen) atoms. The van der Waals surface area contributed by atoms with Crippen LogP contribution in [0.5, 0.6) is 0 Å². The Morgan fingerprint density at radius 1 is 1.39 bits per heavy atom. The fraction of sp³-hybridized carbons (Fsp3) is 0.583. The number of hydrogen-bond donors (Lipinski definition) is 2. The van der Waals surface area contributed by atoms with Gasteiger partial charge in [0.1, 0.15) is 5.82 Å². The van der Waals surface area contributed by atoms with Crippen molar-refractivity contribution in [3.05, 3.63) is 11.5 Å². The van der Waals surface area contributed by atoms with E-state index in [2.05, 4.69) is 53.2 Å². The molecule has 0 saturated carbocycles. The van der Waals surface area contributed by atoms with Crippen molar-refractivity contribution in [2.75, 3.05) is 11.9 Å². The Balaban J connectivity index is 2.19. The first-order chi connectivity index (χ1) is 8.38. The summed E-state index contributed by atoms with van der Waals surface area (Å²) in [5.41, 5.74) is 0.903. The molecule has 0 aliphatic carbocycles. The summed E-state index contributed by atoms with van der Waals surface area (Å²) in [6.07, 6.45) is 1.70. The van der Waals surface area contributed by atoms with Crippen LogP contribution < -0.4 is 5.32 Å². The molecule has 0 fully saturated rings. The Hall–Kier alpha value is -1.36. The van der Waals surface area contributed by atoms with E-state index >= 15 is 0 Å². The van der Waals surface area contributed by atoms with Crippen LogP contribution >= 0.6 is 11.6 Å². The van der Waals surface area contributed by atoms with E-state index in [9.17, 15) is 0 Å². The number of aromatic amines is 1. The lowest BCUT2D eigenvalue weighted by atomic mass is 9.82. The third-order valence-corrected chi connectivity index (χ3v) is 3.51. The molecule has 0 amide bonds. The normalized spacial score (nSPS) is 13.8. The Kier molecular flexibility index (Phi) is 3.43. The average Bonchev–Trinajstić information content (AvgIpc) is 2.71. The van der Waals surface area contributed by atoms with Gasteiger partial charge in [-0.05, 0) is 22.9 Å². The molecule has 2 N–H and O–H groups in total. The van der Waals surface area contributed by atoms with Gasteiger partial charge in [0.25, 0.3) is 0 Å². The number of aromatic nitrogens is 4. The third-order valence-electron chi connectivity index (χ3n) is 3.34. The number of H-pyrrole nitrogens is 1.